The number of amides is 1. The van der Waals surface area contributed by atoms with Crippen LogP contribution in [0.3, 0.4) is 0 Å². The van der Waals surface area contributed by atoms with Gasteiger partial charge in [0.05, 0.1) is 29.7 Å². The summed E-state index contributed by atoms with van der Waals surface area (Å²) in [6.45, 7) is 0.862. The maximum atomic E-state index is 11.7. The van der Waals surface area contributed by atoms with Crippen molar-refractivity contribution in [3.63, 3.8) is 0 Å². The zero-order valence-electron chi connectivity index (χ0n) is 9.47. The minimum absolute atomic E-state index is 0.0968. The molecule has 2 aromatic heterocycles. The smallest absolute Gasteiger partial charge is 0.263 e. The molecule has 2 rings (SSSR count). The number of nitrogens with two attached hydrogens (primary N) is 1. The SMILES string of the molecule is NCC#Cc1ccc(CNC(=O)c2cncs2)s1. The summed E-state index contributed by atoms with van der Waals surface area (Å²) in [6, 6.07) is 3.89. The van der Waals surface area contributed by atoms with E-state index in [0.717, 1.165) is 9.75 Å². The normalized spacial score (nSPS) is 9.61. The third kappa shape index (κ3) is 3.40. The Morgan fingerprint density at radius 3 is 3.11 bits per heavy atom. The van der Waals surface area contributed by atoms with Crippen molar-refractivity contribution in [1.82, 2.24) is 10.3 Å². The summed E-state index contributed by atoms with van der Waals surface area (Å²) >= 11 is 2.88. The van der Waals surface area contributed by atoms with E-state index < -0.39 is 0 Å². The highest BCUT2D eigenvalue weighted by atomic mass is 32.1. The number of rotatable bonds is 3. The van der Waals surface area contributed by atoms with Crippen molar-refractivity contribution in [2.75, 3.05) is 6.54 Å². The van der Waals surface area contributed by atoms with Gasteiger partial charge in [0.15, 0.2) is 0 Å². The first-order valence-electron chi connectivity index (χ1n) is 5.24. The molecule has 0 bridgehead atoms. The minimum atomic E-state index is -0.0968. The number of hydrogen-bond acceptors (Lipinski definition) is 5. The van der Waals surface area contributed by atoms with E-state index in [9.17, 15) is 4.79 Å². The van der Waals surface area contributed by atoms with E-state index >= 15 is 0 Å². The van der Waals surface area contributed by atoms with E-state index in [-0.39, 0.29) is 5.91 Å². The minimum Gasteiger partial charge on any atom is -0.346 e. The Morgan fingerprint density at radius 2 is 2.39 bits per heavy atom. The van der Waals surface area contributed by atoms with Crippen molar-refractivity contribution in [3.05, 3.63) is 38.5 Å². The van der Waals surface area contributed by atoms with E-state index in [1.807, 2.05) is 12.1 Å². The van der Waals surface area contributed by atoms with Crippen LogP contribution in [0.4, 0.5) is 0 Å². The molecule has 2 heterocycles. The topological polar surface area (TPSA) is 68.0 Å². The van der Waals surface area contributed by atoms with E-state index in [4.69, 9.17) is 5.73 Å². The van der Waals surface area contributed by atoms with Gasteiger partial charge in [-0.15, -0.1) is 22.7 Å². The van der Waals surface area contributed by atoms with Gasteiger partial charge in [-0.25, -0.2) is 0 Å². The van der Waals surface area contributed by atoms with Crippen molar-refractivity contribution in [2.24, 2.45) is 5.73 Å². The molecule has 0 spiro atoms. The van der Waals surface area contributed by atoms with Gasteiger partial charge in [0, 0.05) is 4.88 Å². The Labute approximate surface area is 113 Å². The highest BCUT2D eigenvalue weighted by molar-refractivity contribution is 7.12. The second kappa shape index (κ2) is 6.31. The largest absolute Gasteiger partial charge is 0.346 e. The van der Waals surface area contributed by atoms with Crippen LogP contribution in [-0.2, 0) is 6.54 Å². The lowest BCUT2D eigenvalue weighted by atomic mass is 10.4. The molecule has 0 saturated heterocycles. The van der Waals surface area contributed by atoms with Gasteiger partial charge in [0.2, 0.25) is 0 Å². The Hall–Kier alpha value is -1.68. The van der Waals surface area contributed by atoms with E-state index in [1.165, 1.54) is 11.3 Å². The number of thiazole rings is 1. The molecule has 0 aliphatic rings. The van der Waals surface area contributed by atoms with Crippen molar-refractivity contribution < 1.29 is 4.79 Å². The van der Waals surface area contributed by atoms with Gasteiger partial charge in [-0.05, 0) is 12.1 Å². The van der Waals surface area contributed by atoms with Crippen molar-refractivity contribution >= 4 is 28.6 Å². The van der Waals surface area contributed by atoms with Gasteiger partial charge in [0.1, 0.15) is 4.88 Å². The number of nitrogens with zero attached hydrogens (tertiary/aromatic N) is 1. The van der Waals surface area contributed by atoms with Crippen LogP contribution in [0.25, 0.3) is 0 Å². The fourth-order valence-corrected chi connectivity index (χ4v) is 2.62. The molecule has 6 heteroatoms. The van der Waals surface area contributed by atoms with Crippen LogP contribution in [0.5, 0.6) is 0 Å². The standard InChI is InChI=1S/C12H11N3OS2/c13-5-1-2-9-3-4-10(18-9)6-15-12(16)11-7-14-8-17-11/h3-4,7-8H,5-6,13H2,(H,15,16). The number of aromatic nitrogens is 1. The number of carbonyl (C=O) groups excluding carboxylic acids is 1. The maximum absolute atomic E-state index is 11.7. The molecule has 0 aromatic carbocycles. The molecule has 18 heavy (non-hydrogen) atoms. The third-order valence-electron chi connectivity index (χ3n) is 2.05. The molecule has 0 aliphatic heterocycles. The quantitative estimate of drug-likeness (QED) is 0.834. The zero-order chi connectivity index (χ0) is 12.8. The second-order valence-corrected chi connectivity index (χ2v) is 5.37. The van der Waals surface area contributed by atoms with E-state index in [0.29, 0.717) is 18.0 Å². The lowest BCUT2D eigenvalue weighted by Crippen LogP contribution is -2.21. The van der Waals surface area contributed by atoms with Crippen LogP contribution in [-0.4, -0.2) is 17.4 Å². The van der Waals surface area contributed by atoms with E-state index in [2.05, 4.69) is 22.1 Å². The fraction of sp³-hybridized carbons (Fsp3) is 0.167. The average Bonchev–Trinajstić information content (AvgIpc) is 3.04. The summed E-state index contributed by atoms with van der Waals surface area (Å²) in [6.07, 6.45) is 1.56. The Bertz CT molecular complexity index is 578. The average molecular weight is 277 g/mol. The molecule has 0 fully saturated rings. The van der Waals surface area contributed by atoms with Gasteiger partial charge in [0.25, 0.3) is 5.91 Å². The fourth-order valence-electron chi connectivity index (χ4n) is 1.26. The zero-order valence-corrected chi connectivity index (χ0v) is 11.1. The third-order valence-corrected chi connectivity index (χ3v) is 3.83. The number of carbonyl (C=O) groups is 1. The molecule has 0 atom stereocenters. The summed E-state index contributed by atoms with van der Waals surface area (Å²) < 4.78 is 0. The molecule has 4 nitrogen and oxygen atoms in total. The maximum Gasteiger partial charge on any atom is 0.263 e. The lowest BCUT2D eigenvalue weighted by Gasteiger charge is -1.99. The first kappa shape index (κ1) is 12.8. The van der Waals surface area contributed by atoms with Crippen LogP contribution < -0.4 is 11.1 Å². The second-order valence-electron chi connectivity index (χ2n) is 3.32. The summed E-state index contributed by atoms with van der Waals surface area (Å²) in [5, 5.41) is 2.84. The first-order chi connectivity index (χ1) is 8.79. The van der Waals surface area contributed by atoms with Gasteiger partial charge >= 0.3 is 0 Å². The van der Waals surface area contributed by atoms with Crippen molar-refractivity contribution in [1.29, 1.82) is 0 Å². The molecule has 3 N–H and O–H groups in total. The number of hydrogen-bond donors (Lipinski definition) is 2. The lowest BCUT2D eigenvalue weighted by molar-refractivity contribution is 0.0955. The van der Waals surface area contributed by atoms with Gasteiger partial charge in [-0.2, -0.15) is 0 Å². The first-order valence-corrected chi connectivity index (χ1v) is 6.93. The van der Waals surface area contributed by atoms with Gasteiger partial charge in [-0.1, -0.05) is 11.8 Å². The summed E-state index contributed by atoms with van der Waals surface area (Å²) in [7, 11) is 0. The molecule has 1 amide bonds. The van der Waals surface area contributed by atoms with Crippen molar-refractivity contribution in [2.45, 2.75) is 6.54 Å². The summed E-state index contributed by atoms with van der Waals surface area (Å²) in [5.74, 6) is 5.67. The molecule has 0 radical (unpaired) electrons. The van der Waals surface area contributed by atoms with E-state index in [1.54, 1.807) is 23.0 Å². The van der Waals surface area contributed by atoms with Crippen molar-refractivity contribution in [3.8, 4) is 11.8 Å². The molecule has 2 aromatic rings. The number of thiophene rings is 1. The summed E-state index contributed by atoms with van der Waals surface area (Å²) in [5.41, 5.74) is 6.94. The molecular formula is C12H11N3OS2. The molecule has 0 saturated carbocycles. The van der Waals surface area contributed by atoms with Crippen LogP contribution >= 0.6 is 22.7 Å². The van der Waals surface area contributed by atoms with Crippen LogP contribution in [0, 0.1) is 11.8 Å². The Balaban J connectivity index is 1.90. The highest BCUT2D eigenvalue weighted by Gasteiger charge is 2.07. The Kier molecular flexibility index (Phi) is 4.47. The predicted octanol–water partition coefficient (Wildman–Crippen LogP) is 1.44. The van der Waals surface area contributed by atoms with Crippen LogP contribution in [0.15, 0.2) is 23.8 Å². The molecule has 92 valence electrons. The van der Waals surface area contributed by atoms with Crippen LogP contribution in [0.2, 0.25) is 0 Å². The van der Waals surface area contributed by atoms with Crippen LogP contribution in [0.1, 0.15) is 19.4 Å². The van der Waals surface area contributed by atoms with Gasteiger partial charge < -0.3 is 11.1 Å². The highest BCUT2D eigenvalue weighted by Crippen LogP contribution is 2.15. The predicted molar refractivity (Wildman–Crippen MR) is 73.5 cm³/mol. The molecular weight excluding hydrogens is 266 g/mol. The monoisotopic (exact) mass is 277 g/mol. The molecule has 0 unspecified atom stereocenters. The Morgan fingerprint density at radius 1 is 1.50 bits per heavy atom. The number of nitrogens with one attached hydrogen (secondary N) is 1. The molecule has 0 aliphatic carbocycles. The summed E-state index contributed by atoms with van der Waals surface area (Å²) in [4.78, 5) is 18.2. The van der Waals surface area contributed by atoms with Gasteiger partial charge in [-0.3, -0.25) is 9.78 Å².